The van der Waals surface area contributed by atoms with Gasteiger partial charge >= 0.3 is 5.97 Å². The van der Waals surface area contributed by atoms with Crippen LogP contribution in [-0.4, -0.2) is 19.7 Å². The van der Waals surface area contributed by atoms with E-state index in [4.69, 9.17) is 10.00 Å². The number of hydrogen-bond acceptors (Lipinski definition) is 5. The fourth-order valence-corrected chi connectivity index (χ4v) is 1.95. The molecular weight excluding hydrogens is 292 g/mol. The van der Waals surface area contributed by atoms with Crippen LogP contribution >= 0.6 is 0 Å². The molecule has 0 unspecified atom stereocenters. The molecule has 0 amide bonds. The molecule has 0 aromatic heterocycles. The van der Waals surface area contributed by atoms with Gasteiger partial charge in [-0.2, -0.15) is 5.26 Å². The summed E-state index contributed by atoms with van der Waals surface area (Å²) in [5.74, 6) is 0.145. The lowest BCUT2D eigenvalue weighted by molar-refractivity contribution is -0.135. The van der Waals surface area contributed by atoms with E-state index < -0.39 is 5.97 Å². The summed E-state index contributed by atoms with van der Waals surface area (Å²) in [4.78, 5) is 11.3. The normalized spacial score (nSPS) is 10.7. The molecule has 5 heteroatoms. The molecule has 5 nitrogen and oxygen atoms in total. The maximum atomic E-state index is 11.3. The Labute approximate surface area is 137 Å². The third kappa shape index (κ3) is 7.37. The Morgan fingerprint density at radius 3 is 2.52 bits per heavy atom. The number of benzene rings is 1. The molecule has 0 radical (unpaired) electrons. The number of carbonyl (C=O) groups is 1. The molecule has 0 aliphatic heterocycles. The van der Waals surface area contributed by atoms with Crippen molar-refractivity contribution in [2.75, 3.05) is 19.0 Å². The van der Waals surface area contributed by atoms with E-state index in [1.807, 2.05) is 24.3 Å². The fraction of sp³-hybridized carbons (Fsp3) is 0.444. The van der Waals surface area contributed by atoms with Crippen molar-refractivity contribution < 1.29 is 14.3 Å². The second-order valence-electron chi connectivity index (χ2n) is 5.09. The second kappa shape index (κ2) is 11.1. The van der Waals surface area contributed by atoms with Crippen molar-refractivity contribution in [2.45, 2.75) is 39.0 Å². The third-order valence-electron chi connectivity index (χ3n) is 3.28. The smallest absolute Gasteiger partial charge is 0.350 e. The largest absolute Gasteiger partial charge is 0.494 e. The van der Waals surface area contributed by atoms with E-state index in [-0.39, 0.29) is 5.57 Å². The highest BCUT2D eigenvalue weighted by atomic mass is 16.5. The SMILES string of the molecule is CCCCCCCOc1ccc(N/C=C(\C#N)C(=O)OC)cc1. The second-order valence-corrected chi connectivity index (χ2v) is 5.09. The first-order valence-corrected chi connectivity index (χ1v) is 7.89. The Balaban J connectivity index is 2.40. The first-order valence-electron chi connectivity index (χ1n) is 7.89. The van der Waals surface area contributed by atoms with Crippen molar-refractivity contribution in [1.29, 1.82) is 5.26 Å². The molecule has 0 aliphatic rings. The summed E-state index contributed by atoms with van der Waals surface area (Å²) in [6, 6.07) is 9.15. The zero-order chi connectivity index (χ0) is 16.9. The van der Waals surface area contributed by atoms with Gasteiger partial charge in [-0.1, -0.05) is 32.6 Å². The van der Waals surface area contributed by atoms with Crippen LogP contribution in [0, 0.1) is 11.3 Å². The van der Waals surface area contributed by atoms with Crippen molar-refractivity contribution in [1.82, 2.24) is 0 Å². The van der Waals surface area contributed by atoms with Gasteiger partial charge in [-0.25, -0.2) is 4.79 Å². The Morgan fingerprint density at radius 2 is 1.91 bits per heavy atom. The Bertz CT molecular complexity index is 544. The van der Waals surface area contributed by atoms with Gasteiger partial charge in [0.25, 0.3) is 0 Å². The number of methoxy groups -OCH3 is 1. The highest BCUT2D eigenvalue weighted by molar-refractivity contribution is 5.92. The molecule has 0 heterocycles. The number of unbranched alkanes of at least 4 members (excludes halogenated alkanes) is 4. The van der Waals surface area contributed by atoms with E-state index in [1.165, 1.54) is 39.0 Å². The number of esters is 1. The van der Waals surface area contributed by atoms with E-state index >= 15 is 0 Å². The highest BCUT2D eigenvalue weighted by Crippen LogP contribution is 2.16. The summed E-state index contributed by atoms with van der Waals surface area (Å²) in [5.41, 5.74) is 0.678. The standard InChI is InChI=1S/C18H24N2O3/c1-3-4-5-6-7-12-23-17-10-8-16(9-11-17)20-14-15(13-19)18(21)22-2/h8-11,14,20H,3-7,12H2,1-2H3/b15-14+. The average molecular weight is 316 g/mol. The van der Waals surface area contributed by atoms with Gasteiger partial charge in [0.2, 0.25) is 0 Å². The summed E-state index contributed by atoms with van der Waals surface area (Å²) < 4.78 is 10.2. The molecule has 124 valence electrons. The third-order valence-corrected chi connectivity index (χ3v) is 3.28. The van der Waals surface area contributed by atoms with Crippen LogP contribution in [0.3, 0.4) is 0 Å². The van der Waals surface area contributed by atoms with Crippen LogP contribution in [0.2, 0.25) is 0 Å². The quantitative estimate of drug-likeness (QED) is 0.305. The number of anilines is 1. The zero-order valence-electron chi connectivity index (χ0n) is 13.8. The summed E-state index contributed by atoms with van der Waals surface area (Å²) in [7, 11) is 1.24. The zero-order valence-corrected chi connectivity index (χ0v) is 13.8. The lowest BCUT2D eigenvalue weighted by atomic mass is 10.2. The first-order chi connectivity index (χ1) is 11.2. The van der Waals surface area contributed by atoms with Gasteiger partial charge < -0.3 is 14.8 Å². The molecule has 0 saturated heterocycles. The minimum absolute atomic E-state index is 0.0834. The summed E-state index contributed by atoms with van der Waals surface area (Å²) in [6.07, 6.45) is 7.37. The van der Waals surface area contributed by atoms with Crippen LogP contribution in [0.1, 0.15) is 39.0 Å². The number of rotatable bonds is 10. The topological polar surface area (TPSA) is 71.3 Å². The molecule has 0 atom stereocenters. The molecule has 23 heavy (non-hydrogen) atoms. The van der Waals surface area contributed by atoms with Crippen LogP contribution in [0.25, 0.3) is 0 Å². The molecule has 1 aromatic carbocycles. The highest BCUT2D eigenvalue weighted by Gasteiger charge is 2.07. The Morgan fingerprint density at radius 1 is 1.22 bits per heavy atom. The molecule has 1 rings (SSSR count). The first kappa shape index (κ1) is 18.6. The predicted octanol–water partition coefficient (Wildman–Crippen LogP) is 4.03. The van der Waals surface area contributed by atoms with Gasteiger partial charge in [0.1, 0.15) is 11.8 Å². The van der Waals surface area contributed by atoms with E-state index in [1.54, 1.807) is 6.07 Å². The predicted molar refractivity (Wildman–Crippen MR) is 90.0 cm³/mol. The molecule has 0 fully saturated rings. The van der Waals surface area contributed by atoms with Gasteiger partial charge in [-0.3, -0.25) is 0 Å². The van der Waals surface area contributed by atoms with Crippen LogP contribution in [0.15, 0.2) is 36.0 Å². The monoisotopic (exact) mass is 316 g/mol. The number of nitriles is 1. The fourth-order valence-electron chi connectivity index (χ4n) is 1.95. The summed E-state index contributed by atoms with van der Waals surface area (Å²) in [6.45, 7) is 2.92. The number of carbonyl (C=O) groups excluding carboxylic acids is 1. The van der Waals surface area contributed by atoms with Crippen molar-refractivity contribution in [3.8, 4) is 11.8 Å². The lowest BCUT2D eigenvalue weighted by Gasteiger charge is -2.07. The molecule has 0 bridgehead atoms. The Kier molecular flexibility index (Phi) is 8.99. The van der Waals surface area contributed by atoms with E-state index in [9.17, 15) is 4.79 Å². The molecule has 0 aliphatic carbocycles. The molecule has 1 aromatic rings. The summed E-state index contributed by atoms with van der Waals surface area (Å²) in [5, 5.41) is 11.7. The van der Waals surface area contributed by atoms with Gasteiger partial charge in [0.15, 0.2) is 5.57 Å². The molecule has 0 spiro atoms. The van der Waals surface area contributed by atoms with E-state index in [0.29, 0.717) is 0 Å². The number of ether oxygens (including phenoxy) is 2. The van der Waals surface area contributed by atoms with Crippen molar-refractivity contribution in [3.63, 3.8) is 0 Å². The summed E-state index contributed by atoms with van der Waals surface area (Å²) >= 11 is 0. The molecule has 1 N–H and O–H groups in total. The van der Waals surface area contributed by atoms with Crippen molar-refractivity contribution in [3.05, 3.63) is 36.0 Å². The van der Waals surface area contributed by atoms with Crippen LogP contribution < -0.4 is 10.1 Å². The Hall–Kier alpha value is -2.48. The van der Waals surface area contributed by atoms with E-state index in [2.05, 4.69) is 17.0 Å². The van der Waals surface area contributed by atoms with Crippen molar-refractivity contribution >= 4 is 11.7 Å². The minimum Gasteiger partial charge on any atom is -0.494 e. The van der Waals surface area contributed by atoms with Crippen LogP contribution in [0.5, 0.6) is 5.75 Å². The molecular formula is C18H24N2O3. The van der Waals surface area contributed by atoms with Crippen LogP contribution in [0.4, 0.5) is 5.69 Å². The van der Waals surface area contributed by atoms with Gasteiger partial charge in [0, 0.05) is 11.9 Å². The number of hydrogen-bond donors (Lipinski definition) is 1. The number of nitrogens with one attached hydrogen (secondary N) is 1. The van der Waals surface area contributed by atoms with Crippen LogP contribution in [-0.2, 0) is 9.53 Å². The van der Waals surface area contributed by atoms with Gasteiger partial charge in [-0.05, 0) is 30.7 Å². The minimum atomic E-state index is -0.664. The number of nitrogens with zero attached hydrogens (tertiary/aromatic N) is 1. The van der Waals surface area contributed by atoms with Gasteiger partial charge in [0.05, 0.1) is 13.7 Å². The van der Waals surface area contributed by atoms with Crippen molar-refractivity contribution in [2.24, 2.45) is 0 Å². The lowest BCUT2D eigenvalue weighted by Crippen LogP contribution is -2.05. The van der Waals surface area contributed by atoms with Gasteiger partial charge in [-0.15, -0.1) is 0 Å². The molecule has 0 saturated carbocycles. The average Bonchev–Trinajstić information content (AvgIpc) is 2.59. The maximum Gasteiger partial charge on any atom is 0.350 e. The van der Waals surface area contributed by atoms with E-state index in [0.717, 1.165) is 24.5 Å². The maximum absolute atomic E-state index is 11.3.